The quantitative estimate of drug-likeness (QED) is 0.865. The van der Waals surface area contributed by atoms with Crippen LogP contribution in [-0.4, -0.2) is 66.8 Å². The molecule has 5 nitrogen and oxygen atoms in total. The number of carbonyl (C=O) groups excluding carboxylic acids is 1. The van der Waals surface area contributed by atoms with E-state index in [-0.39, 0.29) is 24.3 Å². The van der Waals surface area contributed by atoms with Gasteiger partial charge in [0, 0.05) is 32.2 Å². The number of morpholine rings is 1. The van der Waals surface area contributed by atoms with Crippen LogP contribution in [0.1, 0.15) is 40.5 Å². The summed E-state index contributed by atoms with van der Waals surface area (Å²) in [5, 5.41) is 3.14. The summed E-state index contributed by atoms with van der Waals surface area (Å²) in [6.45, 7) is 13.1. The lowest BCUT2D eigenvalue weighted by molar-refractivity contribution is -0.0548. The normalized spacial score (nSPS) is 32.8. The molecule has 0 aliphatic carbocycles. The summed E-state index contributed by atoms with van der Waals surface area (Å²) in [5.41, 5.74) is 0. The van der Waals surface area contributed by atoms with Crippen molar-refractivity contribution in [3.05, 3.63) is 0 Å². The second-order valence-corrected chi connectivity index (χ2v) is 7.02. The molecule has 5 heteroatoms. The van der Waals surface area contributed by atoms with Crippen LogP contribution in [0, 0.1) is 5.92 Å². The van der Waals surface area contributed by atoms with Crippen LogP contribution in [0.2, 0.25) is 0 Å². The molecule has 2 amide bonds. The molecule has 2 rings (SSSR count). The highest BCUT2D eigenvalue weighted by Crippen LogP contribution is 2.15. The van der Waals surface area contributed by atoms with Crippen LogP contribution in [-0.2, 0) is 4.74 Å². The lowest BCUT2D eigenvalue weighted by Crippen LogP contribution is -2.54. The predicted octanol–water partition coefficient (Wildman–Crippen LogP) is 1.93. The average molecular weight is 297 g/mol. The third kappa shape index (κ3) is 5.15. The van der Waals surface area contributed by atoms with Crippen LogP contribution >= 0.6 is 0 Å². The van der Waals surface area contributed by atoms with Gasteiger partial charge in [0.05, 0.1) is 12.2 Å². The minimum Gasteiger partial charge on any atom is -0.372 e. The smallest absolute Gasteiger partial charge is 0.317 e. The fourth-order valence-corrected chi connectivity index (χ4v) is 3.53. The van der Waals surface area contributed by atoms with Crippen LogP contribution < -0.4 is 5.32 Å². The highest BCUT2D eigenvalue weighted by molar-refractivity contribution is 5.74. The molecule has 2 saturated heterocycles. The van der Waals surface area contributed by atoms with Crippen molar-refractivity contribution in [2.75, 3.05) is 32.7 Å². The monoisotopic (exact) mass is 297 g/mol. The molecule has 0 saturated carbocycles. The number of hydrogen-bond acceptors (Lipinski definition) is 3. The van der Waals surface area contributed by atoms with E-state index in [9.17, 15) is 4.79 Å². The van der Waals surface area contributed by atoms with Crippen molar-refractivity contribution >= 4 is 6.03 Å². The van der Waals surface area contributed by atoms with Gasteiger partial charge in [-0.3, -0.25) is 0 Å². The van der Waals surface area contributed by atoms with Crippen LogP contribution in [0.15, 0.2) is 0 Å². The summed E-state index contributed by atoms with van der Waals surface area (Å²) >= 11 is 0. The maximum absolute atomic E-state index is 12.3. The topological polar surface area (TPSA) is 44.8 Å². The Hall–Kier alpha value is -0.810. The number of ether oxygens (including phenoxy) is 1. The minimum atomic E-state index is 0.0505. The van der Waals surface area contributed by atoms with Crippen molar-refractivity contribution < 1.29 is 9.53 Å². The zero-order chi connectivity index (χ0) is 15.4. The molecular formula is C16H31N3O2. The first-order chi connectivity index (χ1) is 9.94. The number of nitrogens with one attached hydrogen (secondary N) is 1. The number of amides is 2. The molecule has 0 aromatic heterocycles. The molecule has 4 unspecified atom stereocenters. The minimum absolute atomic E-state index is 0.0505. The Morgan fingerprint density at radius 1 is 1.24 bits per heavy atom. The molecule has 122 valence electrons. The summed E-state index contributed by atoms with van der Waals surface area (Å²) in [7, 11) is 0. The fourth-order valence-electron chi connectivity index (χ4n) is 3.53. The van der Waals surface area contributed by atoms with Crippen LogP contribution in [0.4, 0.5) is 4.79 Å². The van der Waals surface area contributed by atoms with Gasteiger partial charge < -0.3 is 19.9 Å². The van der Waals surface area contributed by atoms with Crippen LogP contribution in [0.3, 0.4) is 0 Å². The van der Waals surface area contributed by atoms with Crippen LogP contribution in [0.25, 0.3) is 0 Å². The van der Waals surface area contributed by atoms with E-state index in [1.54, 1.807) is 0 Å². The Morgan fingerprint density at radius 2 is 1.90 bits per heavy atom. The maximum Gasteiger partial charge on any atom is 0.317 e. The SMILES string of the molecule is CC1CCCN(CC(C)NC(=O)N2CC(C)OC(C)C2)C1. The van der Waals surface area contributed by atoms with Crippen molar-refractivity contribution in [1.82, 2.24) is 15.1 Å². The molecule has 1 N–H and O–H groups in total. The van der Waals surface area contributed by atoms with E-state index in [2.05, 4.69) is 24.1 Å². The largest absolute Gasteiger partial charge is 0.372 e. The number of nitrogens with zero attached hydrogens (tertiary/aromatic N) is 2. The Bertz CT molecular complexity index is 340. The summed E-state index contributed by atoms with van der Waals surface area (Å²) in [5.74, 6) is 0.780. The van der Waals surface area contributed by atoms with Crippen molar-refractivity contribution in [1.29, 1.82) is 0 Å². The Morgan fingerprint density at radius 3 is 2.52 bits per heavy atom. The summed E-state index contributed by atoms with van der Waals surface area (Å²) in [6.07, 6.45) is 2.86. The molecule has 4 atom stereocenters. The lowest BCUT2D eigenvalue weighted by Gasteiger charge is -2.37. The molecule has 21 heavy (non-hydrogen) atoms. The first-order valence-electron chi connectivity index (χ1n) is 8.37. The van der Waals surface area contributed by atoms with Gasteiger partial charge in [-0.15, -0.1) is 0 Å². The molecule has 0 spiro atoms. The number of hydrogen-bond donors (Lipinski definition) is 1. The molecule has 2 heterocycles. The zero-order valence-electron chi connectivity index (χ0n) is 14.0. The third-order valence-corrected chi connectivity index (χ3v) is 4.35. The second kappa shape index (κ2) is 7.45. The molecule has 2 aliphatic heterocycles. The fraction of sp³-hybridized carbons (Fsp3) is 0.938. The van der Waals surface area contributed by atoms with E-state index in [4.69, 9.17) is 4.74 Å². The van der Waals surface area contributed by atoms with Crippen molar-refractivity contribution in [2.24, 2.45) is 5.92 Å². The highest BCUT2D eigenvalue weighted by Gasteiger charge is 2.27. The summed E-state index contributed by atoms with van der Waals surface area (Å²) in [4.78, 5) is 16.7. The molecule has 0 aromatic carbocycles. The lowest BCUT2D eigenvalue weighted by atomic mass is 10.00. The molecular weight excluding hydrogens is 266 g/mol. The summed E-state index contributed by atoms with van der Waals surface area (Å²) in [6, 6.07) is 0.241. The number of carbonyl (C=O) groups is 1. The number of piperidine rings is 1. The number of rotatable bonds is 3. The zero-order valence-corrected chi connectivity index (χ0v) is 14.0. The third-order valence-electron chi connectivity index (χ3n) is 4.35. The van der Waals surface area contributed by atoms with Crippen molar-refractivity contribution in [3.8, 4) is 0 Å². The summed E-state index contributed by atoms with van der Waals surface area (Å²) < 4.78 is 5.67. The number of urea groups is 1. The molecule has 0 aromatic rings. The van der Waals surface area contributed by atoms with E-state index in [1.807, 2.05) is 18.7 Å². The second-order valence-electron chi connectivity index (χ2n) is 7.02. The highest BCUT2D eigenvalue weighted by atomic mass is 16.5. The average Bonchev–Trinajstić information content (AvgIpc) is 2.37. The van der Waals surface area contributed by atoms with Gasteiger partial charge in [0.1, 0.15) is 0 Å². The maximum atomic E-state index is 12.3. The molecule has 0 radical (unpaired) electrons. The van der Waals surface area contributed by atoms with Gasteiger partial charge >= 0.3 is 6.03 Å². The van der Waals surface area contributed by atoms with Crippen LogP contribution in [0.5, 0.6) is 0 Å². The first-order valence-corrected chi connectivity index (χ1v) is 8.37. The van der Waals surface area contributed by atoms with E-state index in [1.165, 1.54) is 12.8 Å². The Balaban J connectivity index is 1.76. The molecule has 2 aliphatic rings. The molecule has 0 bridgehead atoms. The van der Waals surface area contributed by atoms with E-state index < -0.39 is 0 Å². The van der Waals surface area contributed by atoms with Gasteiger partial charge in [0.2, 0.25) is 0 Å². The Labute approximate surface area is 129 Å². The molecule has 2 fully saturated rings. The van der Waals surface area contributed by atoms with Gasteiger partial charge in [-0.1, -0.05) is 6.92 Å². The Kier molecular flexibility index (Phi) is 5.88. The van der Waals surface area contributed by atoms with Gasteiger partial charge in [-0.2, -0.15) is 0 Å². The van der Waals surface area contributed by atoms with Gasteiger partial charge in [0.25, 0.3) is 0 Å². The van der Waals surface area contributed by atoms with Crippen molar-refractivity contribution in [2.45, 2.75) is 58.8 Å². The first kappa shape index (κ1) is 16.6. The van der Waals surface area contributed by atoms with E-state index in [0.717, 1.165) is 25.6 Å². The van der Waals surface area contributed by atoms with Gasteiger partial charge in [0.15, 0.2) is 0 Å². The van der Waals surface area contributed by atoms with Gasteiger partial charge in [-0.25, -0.2) is 4.79 Å². The number of likely N-dealkylation sites (tertiary alicyclic amines) is 1. The van der Waals surface area contributed by atoms with Gasteiger partial charge in [-0.05, 0) is 46.1 Å². The van der Waals surface area contributed by atoms with E-state index >= 15 is 0 Å². The standard InChI is InChI=1S/C16H31N3O2/c1-12-6-5-7-18(8-12)9-13(2)17-16(20)19-10-14(3)21-15(4)11-19/h12-15H,5-11H2,1-4H3,(H,17,20). The van der Waals surface area contributed by atoms with Crippen molar-refractivity contribution in [3.63, 3.8) is 0 Å². The van der Waals surface area contributed by atoms with E-state index in [0.29, 0.717) is 13.1 Å². The predicted molar refractivity (Wildman–Crippen MR) is 84.4 cm³/mol.